The molecule has 0 spiro atoms. The largest absolute Gasteiger partial charge is 0.612 e. The van der Waals surface area contributed by atoms with E-state index in [2.05, 4.69) is 11.9 Å². The number of aromatic nitrogens is 1. The summed E-state index contributed by atoms with van der Waals surface area (Å²) in [5, 5.41) is 0. The number of nitrogens with zero attached hydrogens (tertiary/aromatic N) is 1. The Morgan fingerprint density at radius 2 is 2.30 bits per heavy atom. The van der Waals surface area contributed by atoms with Crippen LogP contribution in [0.3, 0.4) is 0 Å². The zero-order valence-corrected chi connectivity index (χ0v) is 6.52. The van der Waals surface area contributed by atoms with Crippen LogP contribution in [0.1, 0.15) is 5.69 Å². The Morgan fingerprint density at radius 1 is 1.60 bits per heavy atom. The molecule has 2 nitrogen and oxygen atoms in total. The van der Waals surface area contributed by atoms with Crippen molar-refractivity contribution >= 4 is 11.2 Å². The molecule has 1 aromatic heterocycles. The summed E-state index contributed by atoms with van der Waals surface area (Å²) in [4.78, 5) is 4.64. The van der Waals surface area contributed by atoms with Gasteiger partial charge in [0.1, 0.15) is 6.26 Å². The van der Waals surface area contributed by atoms with Gasteiger partial charge in [0.2, 0.25) is 0 Å². The van der Waals surface area contributed by atoms with Gasteiger partial charge in [-0.1, -0.05) is 0 Å². The van der Waals surface area contributed by atoms with Crippen molar-refractivity contribution in [1.29, 1.82) is 0 Å². The molecule has 0 aliphatic heterocycles. The van der Waals surface area contributed by atoms with Crippen molar-refractivity contribution < 1.29 is 4.55 Å². The molecular formula is C7H8NOS. The molecule has 0 N–H and O–H groups in total. The average molecular weight is 154 g/mol. The van der Waals surface area contributed by atoms with Crippen LogP contribution in [0.25, 0.3) is 0 Å². The first-order chi connectivity index (χ1) is 4.70. The minimum absolute atomic E-state index is 0.703. The molecule has 10 heavy (non-hydrogen) atoms. The molecule has 1 radical (unpaired) electrons. The predicted molar refractivity (Wildman–Crippen MR) is 41.0 cm³/mol. The fraction of sp³-hybridized carbons (Fsp3) is 0.143. The molecule has 1 unspecified atom stereocenters. The molecule has 1 aromatic rings. The van der Waals surface area contributed by atoms with Gasteiger partial charge in [-0.25, -0.2) is 0 Å². The Morgan fingerprint density at radius 3 is 2.70 bits per heavy atom. The van der Waals surface area contributed by atoms with Gasteiger partial charge in [-0.3, -0.25) is 4.98 Å². The second kappa shape index (κ2) is 3.03. The van der Waals surface area contributed by atoms with E-state index in [4.69, 9.17) is 0 Å². The molecule has 0 aliphatic rings. The quantitative estimate of drug-likeness (QED) is 0.566. The highest BCUT2D eigenvalue weighted by atomic mass is 32.2. The lowest BCUT2D eigenvalue weighted by Crippen LogP contribution is -1.97. The van der Waals surface area contributed by atoms with Crippen LogP contribution in [-0.2, 0) is 11.2 Å². The maximum atomic E-state index is 10.8. The van der Waals surface area contributed by atoms with E-state index in [-0.39, 0.29) is 0 Å². The molecule has 1 rings (SSSR count). The molecule has 0 amide bonds. The second-order valence-electron chi connectivity index (χ2n) is 1.94. The summed E-state index contributed by atoms with van der Waals surface area (Å²) in [6, 6.07) is 3.52. The van der Waals surface area contributed by atoms with Crippen LogP contribution in [-0.4, -0.2) is 15.8 Å². The summed E-state index contributed by atoms with van der Waals surface area (Å²) in [7, 11) is 0. The zero-order valence-electron chi connectivity index (χ0n) is 5.70. The van der Waals surface area contributed by atoms with Crippen LogP contribution in [0.15, 0.2) is 23.2 Å². The van der Waals surface area contributed by atoms with Gasteiger partial charge in [0.25, 0.3) is 0 Å². The SMILES string of the molecule is [CH2]c1ccc([S+](C)[O-])cn1. The van der Waals surface area contributed by atoms with E-state index in [1.165, 1.54) is 0 Å². The lowest BCUT2D eigenvalue weighted by atomic mass is 10.4. The summed E-state index contributed by atoms with van der Waals surface area (Å²) in [5.74, 6) is 0. The zero-order chi connectivity index (χ0) is 7.56. The van der Waals surface area contributed by atoms with Crippen LogP contribution in [0.4, 0.5) is 0 Å². The van der Waals surface area contributed by atoms with Crippen molar-refractivity contribution in [3.63, 3.8) is 0 Å². The molecule has 0 saturated carbocycles. The molecule has 0 aromatic carbocycles. The number of hydrogen-bond donors (Lipinski definition) is 0. The van der Waals surface area contributed by atoms with Crippen LogP contribution in [0, 0.1) is 6.92 Å². The summed E-state index contributed by atoms with van der Waals surface area (Å²) >= 11 is -0.928. The van der Waals surface area contributed by atoms with Crippen molar-refractivity contribution in [2.45, 2.75) is 4.90 Å². The lowest BCUT2D eigenvalue weighted by Gasteiger charge is -2.01. The summed E-state index contributed by atoms with van der Waals surface area (Å²) < 4.78 is 10.8. The minimum atomic E-state index is -0.928. The fourth-order valence-corrected chi connectivity index (χ4v) is 1.04. The van der Waals surface area contributed by atoms with Gasteiger partial charge in [0.15, 0.2) is 4.90 Å². The van der Waals surface area contributed by atoms with Gasteiger partial charge in [0, 0.05) is 5.69 Å². The second-order valence-corrected chi connectivity index (χ2v) is 3.32. The average Bonchev–Trinajstić information content (AvgIpc) is 1.88. The molecule has 3 heteroatoms. The van der Waals surface area contributed by atoms with E-state index in [1.54, 1.807) is 24.6 Å². The highest BCUT2D eigenvalue weighted by Crippen LogP contribution is 2.05. The molecule has 0 fully saturated rings. The van der Waals surface area contributed by atoms with Gasteiger partial charge in [-0.15, -0.1) is 0 Å². The first-order valence-corrected chi connectivity index (χ1v) is 4.37. The van der Waals surface area contributed by atoms with Crippen molar-refractivity contribution in [2.24, 2.45) is 0 Å². The van der Waals surface area contributed by atoms with Crippen LogP contribution in [0.5, 0.6) is 0 Å². The summed E-state index contributed by atoms with van der Waals surface area (Å²) in [6.45, 7) is 3.61. The summed E-state index contributed by atoms with van der Waals surface area (Å²) in [5.41, 5.74) is 0.703. The molecule has 0 aliphatic carbocycles. The molecular weight excluding hydrogens is 146 g/mol. The van der Waals surface area contributed by atoms with Gasteiger partial charge in [-0.2, -0.15) is 0 Å². The Hall–Kier alpha value is -0.540. The van der Waals surface area contributed by atoms with Gasteiger partial charge < -0.3 is 4.55 Å². The maximum Gasteiger partial charge on any atom is 0.170 e. The van der Waals surface area contributed by atoms with Gasteiger partial charge in [0.05, 0.1) is 6.20 Å². The smallest absolute Gasteiger partial charge is 0.170 e. The van der Waals surface area contributed by atoms with Crippen molar-refractivity contribution in [2.75, 3.05) is 6.26 Å². The number of hydrogen-bond acceptors (Lipinski definition) is 2. The third-order valence-electron chi connectivity index (χ3n) is 1.13. The fourth-order valence-electron chi connectivity index (χ4n) is 0.581. The monoisotopic (exact) mass is 154 g/mol. The standard InChI is InChI=1S/C7H8NOS/c1-6-3-4-7(5-8-6)10(2)9/h3-5H,1H2,2H3. The van der Waals surface area contributed by atoms with Crippen molar-refractivity contribution in [3.05, 3.63) is 30.9 Å². The Labute approximate surface area is 63.5 Å². The van der Waals surface area contributed by atoms with Crippen LogP contribution >= 0.6 is 0 Å². The number of pyridine rings is 1. The maximum absolute atomic E-state index is 10.8. The third kappa shape index (κ3) is 1.72. The molecule has 0 bridgehead atoms. The van der Waals surface area contributed by atoms with E-state index in [0.717, 1.165) is 4.90 Å². The van der Waals surface area contributed by atoms with Crippen LogP contribution < -0.4 is 0 Å². The van der Waals surface area contributed by atoms with Gasteiger partial charge >= 0.3 is 0 Å². The first kappa shape index (κ1) is 7.57. The van der Waals surface area contributed by atoms with Crippen molar-refractivity contribution in [3.8, 4) is 0 Å². The minimum Gasteiger partial charge on any atom is -0.612 e. The highest BCUT2D eigenvalue weighted by Gasteiger charge is 2.01. The number of rotatable bonds is 1. The Bertz CT molecular complexity index is 207. The normalized spacial score (nSPS) is 13.1. The Kier molecular flexibility index (Phi) is 2.29. The van der Waals surface area contributed by atoms with Gasteiger partial charge in [-0.05, 0) is 30.2 Å². The molecule has 0 saturated heterocycles. The van der Waals surface area contributed by atoms with E-state index < -0.39 is 11.2 Å². The lowest BCUT2D eigenvalue weighted by molar-refractivity contribution is 0.600. The van der Waals surface area contributed by atoms with E-state index in [1.807, 2.05) is 0 Å². The molecule has 1 atom stereocenters. The van der Waals surface area contributed by atoms with E-state index in [9.17, 15) is 4.55 Å². The van der Waals surface area contributed by atoms with E-state index >= 15 is 0 Å². The molecule has 1 heterocycles. The third-order valence-corrected chi connectivity index (χ3v) is 2.03. The molecule has 53 valence electrons. The summed E-state index contributed by atoms with van der Waals surface area (Å²) in [6.07, 6.45) is 3.21. The van der Waals surface area contributed by atoms with Crippen molar-refractivity contribution in [1.82, 2.24) is 4.98 Å². The predicted octanol–water partition coefficient (Wildman–Crippen LogP) is 1.00. The van der Waals surface area contributed by atoms with E-state index in [0.29, 0.717) is 5.69 Å². The first-order valence-electron chi connectivity index (χ1n) is 2.81. The highest BCUT2D eigenvalue weighted by molar-refractivity contribution is 7.90. The Balaban J connectivity index is 2.89. The van der Waals surface area contributed by atoms with Crippen LogP contribution in [0.2, 0.25) is 0 Å². The topological polar surface area (TPSA) is 36.0 Å².